The van der Waals surface area contributed by atoms with Crippen LogP contribution in [0.15, 0.2) is 48.5 Å². The number of hydrogen-bond acceptors (Lipinski definition) is 4. The van der Waals surface area contributed by atoms with E-state index < -0.39 is 16.0 Å². The molecule has 0 aliphatic rings. The molecule has 122 valence electrons. The van der Waals surface area contributed by atoms with Gasteiger partial charge in [-0.15, -0.1) is 0 Å². The molecule has 0 aromatic heterocycles. The minimum atomic E-state index is -3.61. The second-order valence-electron chi connectivity index (χ2n) is 4.91. The fourth-order valence-corrected chi connectivity index (χ4v) is 3.27. The summed E-state index contributed by atoms with van der Waals surface area (Å²) in [6.07, 6.45) is 1.09. The van der Waals surface area contributed by atoms with Gasteiger partial charge in [0.1, 0.15) is 0 Å². The van der Waals surface area contributed by atoms with Crippen molar-refractivity contribution >= 4 is 33.3 Å². The van der Waals surface area contributed by atoms with E-state index >= 15 is 0 Å². The average molecular weight is 354 g/mol. The van der Waals surface area contributed by atoms with Gasteiger partial charge in [0, 0.05) is 5.02 Å². The molecule has 5 nitrogen and oxygen atoms in total. The number of methoxy groups -OCH3 is 1. The molecular formula is C16H16ClNO4S. The van der Waals surface area contributed by atoms with Crippen LogP contribution in [0.3, 0.4) is 0 Å². The molecule has 0 unspecified atom stereocenters. The minimum Gasteiger partial charge on any atom is -0.465 e. The largest absolute Gasteiger partial charge is 0.465 e. The molecule has 0 saturated heterocycles. The van der Waals surface area contributed by atoms with Crippen LogP contribution in [0.25, 0.3) is 0 Å². The van der Waals surface area contributed by atoms with Crippen LogP contribution in [-0.2, 0) is 21.3 Å². The number of carbonyl (C=O) groups excluding carboxylic acids is 1. The zero-order valence-corrected chi connectivity index (χ0v) is 14.3. The number of carbonyl (C=O) groups is 1. The molecule has 2 rings (SSSR count). The Bertz CT molecular complexity index is 820. The van der Waals surface area contributed by atoms with Gasteiger partial charge < -0.3 is 4.74 Å². The number of esters is 1. The van der Waals surface area contributed by atoms with E-state index in [2.05, 4.69) is 0 Å². The quantitative estimate of drug-likeness (QED) is 0.775. The normalized spacial score (nSPS) is 11.1. The van der Waals surface area contributed by atoms with Crippen molar-refractivity contribution in [3.05, 3.63) is 64.7 Å². The fourth-order valence-electron chi connectivity index (χ4n) is 2.16. The summed E-state index contributed by atoms with van der Waals surface area (Å²) in [5, 5.41) is 0.511. The molecule has 0 aliphatic heterocycles. The summed E-state index contributed by atoms with van der Waals surface area (Å²) in [6, 6.07) is 13.3. The van der Waals surface area contributed by atoms with Crippen molar-refractivity contribution in [2.75, 3.05) is 17.7 Å². The first kappa shape index (κ1) is 17.3. The molecule has 0 aliphatic carbocycles. The van der Waals surface area contributed by atoms with Crippen LogP contribution in [0, 0.1) is 0 Å². The monoisotopic (exact) mass is 353 g/mol. The molecule has 2 aromatic rings. The van der Waals surface area contributed by atoms with E-state index in [1.54, 1.807) is 42.5 Å². The average Bonchev–Trinajstić information content (AvgIpc) is 2.51. The van der Waals surface area contributed by atoms with Crippen LogP contribution < -0.4 is 4.31 Å². The molecule has 0 saturated carbocycles. The number of rotatable bonds is 5. The predicted molar refractivity (Wildman–Crippen MR) is 90.3 cm³/mol. The summed E-state index contributed by atoms with van der Waals surface area (Å²) < 4.78 is 30.3. The van der Waals surface area contributed by atoms with Crippen molar-refractivity contribution in [2.45, 2.75) is 6.54 Å². The lowest BCUT2D eigenvalue weighted by molar-refractivity contribution is 0.0601. The van der Waals surface area contributed by atoms with E-state index in [1.807, 2.05) is 0 Å². The van der Waals surface area contributed by atoms with E-state index in [4.69, 9.17) is 16.3 Å². The summed E-state index contributed by atoms with van der Waals surface area (Å²) in [7, 11) is -2.36. The molecule has 2 aromatic carbocycles. The highest BCUT2D eigenvalue weighted by Gasteiger charge is 2.23. The highest BCUT2D eigenvalue weighted by atomic mass is 35.5. The number of ether oxygens (including phenoxy) is 1. The van der Waals surface area contributed by atoms with Crippen LogP contribution in [0.5, 0.6) is 0 Å². The first-order valence-corrected chi connectivity index (χ1v) is 8.95. The Labute approximate surface area is 140 Å². The van der Waals surface area contributed by atoms with E-state index in [0.717, 1.165) is 10.6 Å². The summed E-state index contributed by atoms with van der Waals surface area (Å²) in [5.74, 6) is -0.597. The lowest BCUT2D eigenvalue weighted by Gasteiger charge is -2.24. The lowest BCUT2D eigenvalue weighted by Crippen LogP contribution is -2.30. The van der Waals surface area contributed by atoms with Crippen molar-refractivity contribution in [3.63, 3.8) is 0 Å². The maximum absolute atomic E-state index is 12.2. The van der Waals surface area contributed by atoms with Crippen LogP contribution >= 0.6 is 11.6 Å². The minimum absolute atomic E-state index is 0.0629. The van der Waals surface area contributed by atoms with Gasteiger partial charge in [-0.05, 0) is 29.8 Å². The maximum Gasteiger partial charge on any atom is 0.340 e. The van der Waals surface area contributed by atoms with Gasteiger partial charge in [-0.2, -0.15) is 0 Å². The Hall–Kier alpha value is -2.05. The highest BCUT2D eigenvalue weighted by molar-refractivity contribution is 7.92. The second-order valence-corrected chi connectivity index (χ2v) is 7.25. The van der Waals surface area contributed by atoms with E-state index in [0.29, 0.717) is 10.6 Å². The van der Waals surface area contributed by atoms with Crippen LogP contribution in [0.4, 0.5) is 5.69 Å². The Kier molecular flexibility index (Phi) is 5.28. The van der Waals surface area contributed by atoms with Gasteiger partial charge in [0.15, 0.2) is 0 Å². The van der Waals surface area contributed by atoms with Gasteiger partial charge in [-0.3, -0.25) is 4.31 Å². The fraction of sp³-hybridized carbons (Fsp3) is 0.188. The van der Waals surface area contributed by atoms with Crippen molar-refractivity contribution in [1.82, 2.24) is 0 Å². The second kappa shape index (κ2) is 7.02. The number of benzene rings is 2. The topological polar surface area (TPSA) is 63.7 Å². The van der Waals surface area contributed by atoms with E-state index in [1.165, 1.54) is 13.2 Å². The third-order valence-electron chi connectivity index (χ3n) is 3.19. The van der Waals surface area contributed by atoms with Gasteiger partial charge in [0.05, 0.1) is 31.2 Å². The third-order valence-corrected chi connectivity index (χ3v) is 4.56. The van der Waals surface area contributed by atoms with Gasteiger partial charge >= 0.3 is 5.97 Å². The predicted octanol–water partition coefficient (Wildman–Crippen LogP) is 3.09. The van der Waals surface area contributed by atoms with Crippen molar-refractivity contribution in [1.29, 1.82) is 0 Å². The summed E-state index contributed by atoms with van der Waals surface area (Å²) in [5.41, 5.74) is 1.16. The number of anilines is 1. The summed E-state index contributed by atoms with van der Waals surface area (Å²) in [6.45, 7) is 0.0629. The van der Waals surface area contributed by atoms with E-state index in [-0.39, 0.29) is 17.8 Å². The molecule has 0 amide bonds. The number of sulfonamides is 1. The lowest BCUT2D eigenvalue weighted by atomic mass is 10.1. The molecule has 7 heteroatoms. The molecule has 0 bridgehead atoms. The van der Waals surface area contributed by atoms with Crippen molar-refractivity contribution in [3.8, 4) is 0 Å². The zero-order valence-electron chi connectivity index (χ0n) is 12.7. The Morgan fingerprint density at radius 2 is 1.87 bits per heavy atom. The molecule has 0 radical (unpaired) electrons. The number of halogens is 1. The maximum atomic E-state index is 12.2. The first-order chi connectivity index (χ1) is 10.8. The van der Waals surface area contributed by atoms with Crippen molar-refractivity contribution < 1.29 is 17.9 Å². The first-order valence-electron chi connectivity index (χ1n) is 6.72. The number of nitrogens with zero attached hydrogens (tertiary/aromatic N) is 1. The Morgan fingerprint density at radius 1 is 1.17 bits per heavy atom. The van der Waals surface area contributed by atoms with Crippen LogP contribution in [-0.4, -0.2) is 27.8 Å². The van der Waals surface area contributed by atoms with Crippen LogP contribution in [0.2, 0.25) is 5.02 Å². The molecule has 0 fully saturated rings. The molecule has 0 N–H and O–H groups in total. The smallest absolute Gasteiger partial charge is 0.340 e. The highest BCUT2D eigenvalue weighted by Crippen LogP contribution is 2.26. The molecule has 0 spiro atoms. The third kappa shape index (κ3) is 4.24. The summed E-state index contributed by atoms with van der Waals surface area (Å²) in [4.78, 5) is 11.9. The number of hydrogen-bond donors (Lipinski definition) is 0. The number of para-hydroxylation sites is 1. The Balaban J connectivity index is 2.51. The molecular weight excluding hydrogens is 338 g/mol. The standard InChI is InChI=1S/C16H16ClNO4S/c1-22-16(19)14-8-3-4-9-15(14)18(23(2,20)21)11-12-6-5-7-13(17)10-12/h3-10H,11H2,1-2H3. The van der Waals surface area contributed by atoms with Crippen LogP contribution in [0.1, 0.15) is 15.9 Å². The van der Waals surface area contributed by atoms with Gasteiger partial charge in [-0.25, -0.2) is 13.2 Å². The van der Waals surface area contributed by atoms with Gasteiger partial charge in [0.25, 0.3) is 0 Å². The summed E-state index contributed by atoms with van der Waals surface area (Å²) >= 11 is 5.95. The molecule has 0 atom stereocenters. The molecule has 23 heavy (non-hydrogen) atoms. The zero-order chi connectivity index (χ0) is 17.0. The van der Waals surface area contributed by atoms with Gasteiger partial charge in [0.2, 0.25) is 10.0 Å². The molecule has 0 heterocycles. The Morgan fingerprint density at radius 3 is 2.48 bits per heavy atom. The SMILES string of the molecule is COC(=O)c1ccccc1N(Cc1cccc(Cl)c1)S(C)(=O)=O. The van der Waals surface area contributed by atoms with Crippen molar-refractivity contribution in [2.24, 2.45) is 0 Å². The van der Waals surface area contributed by atoms with E-state index in [9.17, 15) is 13.2 Å². The van der Waals surface area contributed by atoms with Gasteiger partial charge in [-0.1, -0.05) is 35.9 Å².